The Labute approximate surface area is 118 Å². The molecule has 6 heteroatoms. The molecule has 0 amide bonds. The Morgan fingerprint density at radius 3 is 3.05 bits per heavy atom. The van der Waals surface area contributed by atoms with Gasteiger partial charge in [-0.25, -0.2) is 4.68 Å². The highest BCUT2D eigenvalue weighted by Gasteiger charge is 2.25. The van der Waals surface area contributed by atoms with Gasteiger partial charge in [0.1, 0.15) is 5.02 Å². The Morgan fingerprint density at radius 2 is 2.32 bits per heavy atom. The van der Waals surface area contributed by atoms with Crippen LogP contribution in [0.15, 0.2) is 11.0 Å². The van der Waals surface area contributed by atoms with E-state index < -0.39 is 0 Å². The Morgan fingerprint density at radius 1 is 1.53 bits per heavy atom. The Kier molecular flexibility index (Phi) is 4.82. The largest absolute Gasteiger partial charge is 0.366 e. The lowest BCUT2D eigenvalue weighted by molar-refractivity contribution is 0.432. The van der Waals surface area contributed by atoms with Crippen LogP contribution in [0.3, 0.4) is 0 Å². The highest BCUT2D eigenvalue weighted by atomic mass is 35.5. The van der Waals surface area contributed by atoms with Crippen LogP contribution >= 0.6 is 11.6 Å². The molecule has 2 rings (SSSR count). The fraction of sp³-hybridized carbons (Fsp3) is 0.692. The van der Waals surface area contributed by atoms with Crippen molar-refractivity contribution in [1.29, 1.82) is 0 Å². The molecule has 0 radical (unpaired) electrons. The van der Waals surface area contributed by atoms with Crippen LogP contribution in [0.1, 0.15) is 25.7 Å². The van der Waals surface area contributed by atoms with Crippen molar-refractivity contribution >= 4 is 17.3 Å². The molecular weight excluding hydrogens is 264 g/mol. The molecule has 0 aromatic carbocycles. The molecule has 106 valence electrons. The van der Waals surface area contributed by atoms with Crippen LogP contribution in [-0.2, 0) is 7.05 Å². The number of rotatable bonds is 4. The SMILES string of the molecule is CNCCC1CCCCN1c1cnn(C)c(=O)c1Cl. The molecule has 0 saturated carbocycles. The van der Waals surface area contributed by atoms with Crippen molar-refractivity contribution in [1.82, 2.24) is 15.1 Å². The number of hydrogen-bond acceptors (Lipinski definition) is 4. The topological polar surface area (TPSA) is 50.2 Å². The van der Waals surface area contributed by atoms with E-state index in [9.17, 15) is 4.79 Å². The van der Waals surface area contributed by atoms with E-state index in [2.05, 4.69) is 15.3 Å². The minimum absolute atomic E-state index is 0.225. The van der Waals surface area contributed by atoms with Gasteiger partial charge in [-0.15, -0.1) is 0 Å². The minimum Gasteiger partial charge on any atom is -0.366 e. The van der Waals surface area contributed by atoms with E-state index in [-0.39, 0.29) is 10.6 Å². The lowest BCUT2D eigenvalue weighted by Gasteiger charge is -2.37. The van der Waals surface area contributed by atoms with E-state index in [1.54, 1.807) is 13.2 Å². The quantitative estimate of drug-likeness (QED) is 0.908. The van der Waals surface area contributed by atoms with Crippen LogP contribution in [0.5, 0.6) is 0 Å². The van der Waals surface area contributed by atoms with E-state index in [1.807, 2.05) is 7.05 Å². The van der Waals surface area contributed by atoms with Crippen LogP contribution < -0.4 is 15.8 Å². The maximum Gasteiger partial charge on any atom is 0.287 e. The Bertz CT molecular complexity index is 488. The first-order valence-corrected chi connectivity index (χ1v) is 7.16. The molecule has 1 aliphatic heterocycles. The summed E-state index contributed by atoms with van der Waals surface area (Å²) < 4.78 is 1.28. The molecule has 0 spiro atoms. The maximum absolute atomic E-state index is 11.9. The van der Waals surface area contributed by atoms with E-state index in [4.69, 9.17) is 11.6 Å². The molecule has 0 aliphatic carbocycles. The summed E-state index contributed by atoms with van der Waals surface area (Å²) in [5.41, 5.74) is 0.558. The third kappa shape index (κ3) is 3.09. The van der Waals surface area contributed by atoms with Gasteiger partial charge < -0.3 is 10.2 Å². The standard InChI is InChI=1S/C13H21ClN4O/c1-15-7-6-10-5-3-4-8-18(10)11-9-16-17(2)13(19)12(11)14/h9-10,15H,3-8H2,1-2H3. The third-order valence-electron chi connectivity index (χ3n) is 3.72. The van der Waals surface area contributed by atoms with Gasteiger partial charge in [-0.05, 0) is 39.3 Å². The minimum atomic E-state index is -0.225. The van der Waals surface area contributed by atoms with Crippen LogP contribution in [0.4, 0.5) is 5.69 Å². The van der Waals surface area contributed by atoms with Gasteiger partial charge in [0.15, 0.2) is 0 Å². The summed E-state index contributed by atoms with van der Waals surface area (Å²) in [7, 11) is 3.58. The van der Waals surface area contributed by atoms with Crippen LogP contribution in [0, 0.1) is 0 Å². The fourth-order valence-corrected chi connectivity index (χ4v) is 2.91. The Balaban J connectivity index is 2.27. The summed E-state index contributed by atoms with van der Waals surface area (Å²) in [5.74, 6) is 0. The van der Waals surface area contributed by atoms with Crippen LogP contribution in [0.2, 0.25) is 5.02 Å². The zero-order valence-corrected chi connectivity index (χ0v) is 12.3. The summed E-state index contributed by atoms with van der Waals surface area (Å²) in [6.07, 6.45) is 6.29. The normalized spacial score (nSPS) is 19.7. The number of nitrogens with one attached hydrogen (secondary N) is 1. The second-order valence-corrected chi connectivity index (χ2v) is 5.39. The summed E-state index contributed by atoms with van der Waals surface area (Å²) in [6.45, 7) is 1.92. The number of aryl methyl sites for hydroxylation is 1. The highest BCUT2D eigenvalue weighted by molar-refractivity contribution is 6.33. The van der Waals surface area contributed by atoms with Crippen LogP contribution in [-0.4, -0.2) is 36.0 Å². The predicted molar refractivity (Wildman–Crippen MR) is 78.0 cm³/mol. The fourth-order valence-electron chi connectivity index (χ4n) is 2.63. The first-order chi connectivity index (χ1) is 9.15. The molecule has 1 aromatic rings. The molecule has 1 saturated heterocycles. The van der Waals surface area contributed by atoms with E-state index in [0.717, 1.165) is 38.0 Å². The monoisotopic (exact) mass is 284 g/mol. The molecule has 0 bridgehead atoms. The molecule has 1 atom stereocenters. The average Bonchev–Trinajstić information content (AvgIpc) is 2.43. The maximum atomic E-state index is 11.9. The van der Waals surface area contributed by atoms with Gasteiger partial charge in [-0.3, -0.25) is 4.79 Å². The molecule has 1 aliphatic rings. The average molecular weight is 285 g/mol. The summed E-state index contributed by atoms with van der Waals surface area (Å²) in [4.78, 5) is 14.1. The summed E-state index contributed by atoms with van der Waals surface area (Å²) in [6, 6.07) is 0.438. The summed E-state index contributed by atoms with van der Waals surface area (Å²) >= 11 is 6.20. The first-order valence-electron chi connectivity index (χ1n) is 6.78. The van der Waals surface area contributed by atoms with Crippen molar-refractivity contribution in [3.8, 4) is 0 Å². The van der Waals surface area contributed by atoms with Crippen molar-refractivity contribution in [2.45, 2.75) is 31.7 Å². The van der Waals surface area contributed by atoms with Crippen molar-refractivity contribution in [2.75, 3.05) is 25.0 Å². The molecule has 1 aromatic heterocycles. The second-order valence-electron chi connectivity index (χ2n) is 5.01. The number of anilines is 1. The van der Waals surface area contributed by atoms with E-state index in [1.165, 1.54) is 11.1 Å². The molecule has 5 nitrogen and oxygen atoms in total. The summed E-state index contributed by atoms with van der Waals surface area (Å²) in [5, 5.41) is 7.56. The van der Waals surface area contributed by atoms with Crippen molar-refractivity contribution in [3.63, 3.8) is 0 Å². The number of piperidine rings is 1. The van der Waals surface area contributed by atoms with Gasteiger partial charge in [0.05, 0.1) is 11.9 Å². The third-order valence-corrected chi connectivity index (χ3v) is 4.08. The smallest absolute Gasteiger partial charge is 0.287 e. The van der Waals surface area contributed by atoms with Gasteiger partial charge in [0.2, 0.25) is 0 Å². The zero-order chi connectivity index (χ0) is 13.8. The Hall–Kier alpha value is -1.07. The molecule has 1 N–H and O–H groups in total. The van der Waals surface area contributed by atoms with Gasteiger partial charge in [0.25, 0.3) is 5.56 Å². The number of aromatic nitrogens is 2. The first kappa shape index (κ1) is 14.3. The molecule has 19 heavy (non-hydrogen) atoms. The number of hydrogen-bond donors (Lipinski definition) is 1. The zero-order valence-electron chi connectivity index (χ0n) is 11.5. The van der Waals surface area contributed by atoms with E-state index in [0.29, 0.717) is 6.04 Å². The van der Waals surface area contributed by atoms with Gasteiger partial charge in [0, 0.05) is 19.6 Å². The predicted octanol–water partition coefficient (Wildman–Crippen LogP) is 1.40. The van der Waals surface area contributed by atoms with E-state index >= 15 is 0 Å². The molecule has 2 heterocycles. The van der Waals surface area contributed by atoms with Crippen molar-refractivity contribution in [3.05, 3.63) is 21.6 Å². The number of nitrogens with zero attached hydrogens (tertiary/aromatic N) is 3. The lowest BCUT2D eigenvalue weighted by atomic mass is 9.99. The highest BCUT2D eigenvalue weighted by Crippen LogP contribution is 2.29. The number of halogens is 1. The molecular formula is C13H21ClN4O. The molecule has 1 fully saturated rings. The van der Waals surface area contributed by atoms with Gasteiger partial charge >= 0.3 is 0 Å². The van der Waals surface area contributed by atoms with Crippen molar-refractivity contribution in [2.24, 2.45) is 7.05 Å². The second kappa shape index (κ2) is 6.39. The van der Waals surface area contributed by atoms with Gasteiger partial charge in [-0.2, -0.15) is 5.10 Å². The molecule has 1 unspecified atom stereocenters. The van der Waals surface area contributed by atoms with Gasteiger partial charge in [-0.1, -0.05) is 11.6 Å². The van der Waals surface area contributed by atoms with Crippen molar-refractivity contribution < 1.29 is 0 Å². The lowest BCUT2D eigenvalue weighted by Crippen LogP contribution is -2.42. The van der Waals surface area contributed by atoms with Crippen LogP contribution in [0.25, 0.3) is 0 Å².